The fourth-order valence-corrected chi connectivity index (χ4v) is 0.556. The fraction of sp³-hybridized carbons (Fsp3) is 1.00. The van der Waals surface area contributed by atoms with Gasteiger partial charge in [0.25, 0.3) is 0 Å². The maximum Gasteiger partial charge on any atom is 0.551 e. The monoisotopic (exact) mass is 149 g/mol. The summed E-state index contributed by atoms with van der Waals surface area (Å²) in [5.41, 5.74) is 0.0922. The molecule has 0 spiro atoms. The smallest absolute Gasteiger partial charge is 0.318 e. The first kappa shape index (κ1) is 9.88. The molecule has 0 aliphatic carbocycles. The summed E-state index contributed by atoms with van der Waals surface area (Å²) >= 11 is 0. The van der Waals surface area contributed by atoms with Crippen LogP contribution in [0.25, 0.3) is 0 Å². The Kier molecular flexibility index (Phi) is 3.87. The normalized spacial score (nSPS) is 11.7. The molecule has 4 heteroatoms. The van der Waals surface area contributed by atoms with Crippen LogP contribution in [0.5, 0.6) is 0 Å². The van der Waals surface area contributed by atoms with Crippen molar-refractivity contribution in [2.75, 3.05) is 13.0 Å². The molecule has 0 fully saturated rings. The van der Waals surface area contributed by atoms with E-state index in [1.54, 1.807) is 0 Å². The molecule has 0 aromatic heterocycles. The van der Waals surface area contributed by atoms with E-state index in [-0.39, 0.29) is 11.9 Å². The second-order valence-corrected chi connectivity index (χ2v) is 3.58. The third-order valence-corrected chi connectivity index (χ3v) is 0.954. The van der Waals surface area contributed by atoms with Crippen molar-refractivity contribution >= 4 is 7.27 Å². The number of hydrogen-bond acceptors (Lipinski definition) is 1. The zero-order valence-electron chi connectivity index (χ0n) is 6.75. The molecule has 0 radical (unpaired) electrons. The van der Waals surface area contributed by atoms with E-state index in [4.69, 9.17) is 0 Å². The van der Waals surface area contributed by atoms with Crippen LogP contribution in [0.2, 0.25) is 0 Å². The minimum absolute atomic E-state index is 0.0922. The topological polar surface area (TPSA) is 12.0 Å². The van der Waals surface area contributed by atoms with E-state index in [0.717, 1.165) is 0 Å². The lowest BCUT2D eigenvalue weighted by molar-refractivity contribution is 0.387. The van der Waals surface area contributed by atoms with E-state index in [9.17, 15) is 8.63 Å². The molecule has 0 aromatic carbocycles. The molecule has 1 N–H and O–H groups in total. The van der Waals surface area contributed by atoms with Crippen molar-refractivity contribution in [1.29, 1.82) is 0 Å². The molecule has 0 aromatic rings. The molecule has 0 saturated heterocycles. The van der Waals surface area contributed by atoms with E-state index in [1.807, 2.05) is 20.8 Å². The molecule has 0 saturated carbocycles. The van der Waals surface area contributed by atoms with E-state index in [0.29, 0.717) is 6.54 Å². The Morgan fingerprint density at radius 3 is 2.10 bits per heavy atom. The molecule has 0 rings (SSSR count). The first-order valence-electron chi connectivity index (χ1n) is 3.41. The van der Waals surface area contributed by atoms with E-state index >= 15 is 0 Å². The quantitative estimate of drug-likeness (QED) is 0.600. The standard InChI is InChI=1S/C6H14BF2N/c1-6(2,3)4-10-5-7(8)9/h10H,4-5H2,1-3H3. The van der Waals surface area contributed by atoms with E-state index in [2.05, 4.69) is 5.32 Å². The fourth-order valence-electron chi connectivity index (χ4n) is 0.556. The number of nitrogens with one attached hydrogen (secondary N) is 1. The first-order chi connectivity index (χ1) is 4.42. The van der Waals surface area contributed by atoms with E-state index in [1.165, 1.54) is 0 Å². The van der Waals surface area contributed by atoms with Crippen molar-refractivity contribution in [3.63, 3.8) is 0 Å². The van der Waals surface area contributed by atoms with Gasteiger partial charge in [-0.25, -0.2) is 0 Å². The van der Waals surface area contributed by atoms with Crippen LogP contribution in [0.1, 0.15) is 20.8 Å². The predicted molar refractivity (Wildman–Crippen MR) is 40.3 cm³/mol. The molecule has 0 atom stereocenters. The Hall–Kier alpha value is -0.115. The highest BCUT2D eigenvalue weighted by Crippen LogP contribution is 2.09. The second-order valence-electron chi connectivity index (χ2n) is 3.58. The van der Waals surface area contributed by atoms with Crippen LogP contribution in [-0.4, -0.2) is 20.3 Å². The maximum atomic E-state index is 11.5. The van der Waals surface area contributed by atoms with Crippen LogP contribution in [0.15, 0.2) is 0 Å². The zero-order chi connectivity index (χ0) is 8.20. The highest BCUT2D eigenvalue weighted by molar-refractivity contribution is 6.42. The Labute approximate surface area is 61.4 Å². The Bertz CT molecular complexity index is 90.2. The molecule has 0 aliphatic heterocycles. The Morgan fingerprint density at radius 1 is 1.30 bits per heavy atom. The lowest BCUT2D eigenvalue weighted by Gasteiger charge is -2.17. The van der Waals surface area contributed by atoms with Gasteiger partial charge in [-0.3, -0.25) is 8.63 Å². The average Bonchev–Trinajstić information content (AvgIpc) is 1.59. The van der Waals surface area contributed by atoms with Crippen molar-refractivity contribution in [2.24, 2.45) is 5.41 Å². The van der Waals surface area contributed by atoms with Gasteiger partial charge in [0, 0.05) is 6.44 Å². The first-order valence-corrected chi connectivity index (χ1v) is 3.41. The summed E-state index contributed by atoms with van der Waals surface area (Å²) in [5, 5.41) is 2.67. The third kappa shape index (κ3) is 7.88. The molecule has 10 heavy (non-hydrogen) atoms. The van der Waals surface area contributed by atoms with Gasteiger partial charge in [-0.15, -0.1) is 0 Å². The predicted octanol–water partition coefficient (Wildman–Crippen LogP) is 1.59. The van der Waals surface area contributed by atoms with Crippen molar-refractivity contribution in [1.82, 2.24) is 5.32 Å². The highest BCUT2D eigenvalue weighted by Gasteiger charge is 2.14. The molecule has 0 heterocycles. The molecule has 0 amide bonds. The van der Waals surface area contributed by atoms with Gasteiger partial charge in [0.15, 0.2) is 0 Å². The molecule has 60 valence electrons. The molecule has 0 aliphatic rings. The summed E-state index contributed by atoms with van der Waals surface area (Å²) in [6.07, 6.45) is -0.197. The van der Waals surface area contributed by atoms with Gasteiger partial charge >= 0.3 is 7.27 Å². The van der Waals surface area contributed by atoms with Crippen LogP contribution in [0.3, 0.4) is 0 Å². The molecule has 0 bridgehead atoms. The van der Waals surface area contributed by atoms with Gasteiger partial charge in [-0.05, 0) is 12.0 Å². The summed E-state index contributed by atoms with van der Waals surface area (Å²) in [6.45, 7) is 6.65. The summed E-state index contributed by atoms with van der Waals surface area (Å²) in [7, 11) is -2.23. The van der Waals surface area contributed by atoms with E-state index < -0.39 is 7.27 Å². The minimum atomic E-state index is -2.23. The summed E-state index contributed by atoms with van der Waals surface area (Å²) in [6, 6.07) is 0. The molecule has 1 nitrogen and oxygen atoms in total. The van der Waals surface area contributed by atoms with Crippen LogP contribution < -0.4 is 5.32 Å². The summed E-state index contributed by atoms with van der Waals surface area (Å²) in [5.74, 6) is 0. The van der Waals surface area contributed by atoms with Gasteiger partial charge < -0.3 is 5.32 Å². The second kappa shape index (κ2) is 3.91. The lowest BCUT2D eigenvalue weighted by atomic mass is 9.94. The lowest BCUT2D eigenvalue weighted by Crippen LogP contribution is -2.32. The van der Waals surface area contributed by atoms with Crippen molar-refractivity contribution in [2.45, 2.75) is 20.8 Å². The van der Waals surface area contributed by atoms with Crippen LogP contribution in [-0.2, 0) is 0 Å². The van der Waals surface area contributed by atoms with Crippen molar-refractivity contribution in [3.05, 3.63) is 0 Å². The van der Waals surface area contributed by atoms with Gasteiger partial charge in [-0.2, -0.15) is 0 Å². The van der Waals surface area contributed by atoms with Gasteiger partial charge in [0.1, 0.15) is 0 Å². The van der Waals surface area contributed by atoms with Crippen LogP contribution >= 0.6 is 0 Å². The Balaban J connectivity index is 3.21. The van der Waals surface area contributed by atoms with Crippen molar-refractivity contribution < 1.29 is 8.63 Å². The van der Waals surface area contributed by atoms with Gasteiger partial charge in [0.05, 0.1) is 0 Å². The van der Waals surface area contributed by atoms with Gasteiger partial charge in [0.2, 0.25) is 0 Å². The largest absolute Gasteiger partial charge is 0.551 e. The minimum Gasteiger partial charge on any atom is -0.318 e. The molecule has 0 unspecified atom stereocenters. The number of hydrogen-bond donors (Lipinski definition) is 1. The van der Waals surface area contributed by atoms with Crippen LogP contribution in [0, 0.1) is 5.41 Å². The summed E-state index contributed by atoms with van der Waals surface area (Å²) < 4.78 is 23.1. The van der Waals surface area contributed by atoms with Gasteiger partial charge in [-0.1, -0.05) is 20.8 Å². The third-order valence-electron chi connectivity index (χ3n) is 0.954. The maximum absolute atomic E-state index is 11.5. The Morgan fingerprint density at radius 2 is 1.80 bits per heavy atom. The average molecular weight is 149 g/mol. The summed E-state index contributed by atoms with van der Waals surface area (Å²) in [4.78, 5) is 0. The van der Waals surface area contributed by atoms with Crippen molar-refractivity contribution in [3.8, 4) is 0 Å². The molecular formula is C6H14BF2N. The zero-order valence-corrected chi connectivity index (χ0v) is 6.75. The number of halogens is 2. The SMILES string of the molecule is CC(C)(C)CNCB(F)F. The molecular weight excluding hydrogens is 135 g/mol. The van der Waals surface area contributed by atoms with Crippen LogP contribution in [0.4, 0.5) is 8.63 Å². The number of rotatable bonds is 3. The highest BCUT2D eigenvalue weighted by atomic mass is 19.2.